The van der Waals surface area contributed by atoms with Gasteiger partial charge in [0, 0.05) is 41.7 Å². The van der Waals surface area contributed by atoms with Gasteiger partial charge in [-0.25, -0.2) is 9.18 Å². The standard InChI is InChI=1S/C21H16FN7O5S/c22-12-1-5-15(6-2-12)28-17(9-14-10-18(30)25-20(32)24-14)26-27-21(28)35-11-19(31)23-13-3-7-16(8-4-13)29(33)34/h1-8,10H,9,11H2,(H,23,31)(H2,24,25,30,32). The number of anilines is 1. The average Bonchev–Trinajstić information content (AvgIpc) is 3.20. The molecule has 2 heterocycles. The first kappa shape index (κ1) is 23.6. The average molecular weight is 497 g/mol. The van der Waals surface area contributed by atoms with Gasteiger partial charge < -0.3 is 10.3 Å². The summed E-state index contributed by atoms with van der Waals surface area (Å²) in [6.07, 6.45) is 0.0408. The van der Waals surface area contributed by atoms with E-state index in [9.17, 15) is 28.9 Å². The van der Waals surface area contributed by atoms with Gasteiger partial charge in [0.15, 0.2) is 5.16 Å². The number of aromatic amines is 2. The lowest BCUT2D eigenvalue weighted by atomic mass is 10.2. The van der Waals surface area contributed by atoms with Crippen molar-refractivity contribution in [1.29, 1.82) is 0 Å². The van der Waals surface area contributed by atoms with Crippen LogP contribution in [0.25, 0.3) is 5.69 Å². The SMILES string of the molecule is O=C(CSc1nnc(Cc2cc(=O)[nH]c(=O)[nH]2)n1-c1ccc(F)cc1)Nc1ccc([N+](=O)[O-])cc1. The molecule has 35 heavy (non-hydrogen) atoms. The number of nitrogens with one attached hydrogen (secondary N) is 3. The maximum Gasteiger partial charge on any atom is 0.325 e. The van der Waals surface area contributed by atoms with Crippen molar-refractivity contribution in [2.75, 3.05) is 11.1 Å². The van der Waals surface area contributed by atoms with E-state index in [-0.39, 0.29) is 17.9 Å². The monoisotopic (exact) mass is 497 g/mol. The molecule has 14 heteroatoms. The van der Waals surface area contributed by atoms with Crippen molar-refractivity contribution in [2.45, 2.75) is 11.6 Å². The topological polar surface area (TPSA) is 169 Å². The van der Waals surface area contributed by atoms with E-state index in [0.29, 0.717) is 28.0 Å². The molecule has 0 spiro atoms. The Morgan fingerprint density at radius 1 is 1.09 bits per heavy atom. The molecular weight excluding hydrogens is 481 g/mol. The maximum atomic E-state index is 13.5. The van der Waals surface area contributed by atoms with Crippen LogP contribution in [0.1, 0.15) is 11.5 Å². The minimum absolute atomic E-state index is 0.0408. The number of hydrogen-bond donors (Lipinski definition) is 3. The first-order valence-corrected chi connectivity index (χ1v) is 11.0. The molecule has 2 aromatic heterocycles. The molecule has 0 bridgehead atoms. The molecule has 0 aliphatic carbocycles. The molecule has 0 atom stereocenters. The predicted octanol–water partition coefficient (Wildman–Crippen LogP) is 2.01. The summed E-state index contributed by atoms with van der Waals surface area (Å²) in [4.78, 5) is 50.5. The number of non-ortho nitro benzene ring substituents is 1. The van der Waals surface area contributed by atoms with Crippen molar-refractivity contribution in [2.24, 2.45) is 0 Å². The summed E-state index contributed by atoms with van der Waals surface area (Å²) in [5, 5.41) is 22.0. The minimum atomic E-state index is -0.669. The number of benzene rings is 2. The number of nitro groups is 1. The summed E-state index contributed by atoms with van der Waals surface area (Å²) in [5.74, 6) is -0.564. The number of amides is 1. The number of halogens is 1. The number of carbonyl (C=O) groups excluding carboxylic acids is 1. The zero-order valence-corrected chi connectivity index (χ0v) is 18.5. The van der Waals surface area contributed by atoms with Crippen molar-refractivity contribution in [3.8, 4) is 5.69 Å². The summed E-state index contributed by atoms with van der Waals surface area (Å²) >= 11 is 1.05. The van der Waals surface area contributed by atoms with Crippen LogP contribution in [0.3, 0.4) is 0 Å². The van der Waals surface area contributed by atoms with Gasteiger partial charge in [0.05, 0.1) is 10.7 Å². The van der Waals surface area contributed by atoms with E-state index < -0.39 is 27.9 Å². The Bertz CT molecular complexity index is 1470. The fourth-order valence-electron chi connectivity index (χ4n) is 3.14. The Balaban J connectivity index is 1.55. The van der Waals surface area contributed by atoms with E-state index in [2.05, 4.69) is 25.5 Å². The van der Waals surface area contributed by atoms with Gasteiger partial charge in [0.1, 0.15) is 11.6 Å². The molecule has 4 rings (SSSR count). The molecule has 178 valence electrons. The van der Waals surface area contributed by atoms with Gasteiger partial charge in [-0.15, -0.1) is 10.2 Å². The first-order valence-electron chi connectivity index (χ1n) is 9.98. The van der Waals surface area contributed by atoms with E-state index in [0.717, 1.165) is 11.8 Å². The maximum absolute atomic E-state index is 13.5. The Kier molecular flexibility index (Phi) is 6.82. The fourth-order valence-corrected chi connectivity index (χ4v) is 3.91. The Morgan fingerprint density at radius 2 is 1.80 bits per heavy atom. The van der Waals surface area contributed by atoms with Gasteiger partial charge in [0.25, 0.3) is 11.2 Å². The first-order chi connectivity index (χ1) is 16.8. The van der Waals surface area contributed by atoms with Gasteiger partial charge in [-0.05, 0) is 36.4 Å². The molecule has 4 aromatic rings. The number of nitro benzene ring substituents is 1. The summed E-state index contributed by atoms with van der Waals surface area (Å²) in [7, 11) is 0. The van der Waals surface area contributed by atoms with Crippen molar-refractivity contribution in [1.82, 2.24) is 24.7 Å². The van der Waals surface area contributed by atoms with Gasteiger partial charge >= 0.3 is 5.69 Å². The molecule has 0 unspecified atom stereocenters. The zero-order chi connectivity index (χ0) is 24.9. The number of H-pyrrole nitrogens is 2. The molecule has 12 nitrogen and oxygen atoms in total. The molecule has 1 amide bonds. The molecule has 0 aliphatic rings. The molecule has 2 aromatic carbocycles. The number of nitrogens with zero attached hydrogens (tertiary/aromatic N) is 4. The van der Waals surface area contributed by atoms with Gasteiger partial charge in [0.2, 0.25) is 5.91 Å². The molecule has 0 radical (unpaired) electrons. The number of aromatic nitrogens is 5. The van der Waals surface area contributed by atoms with Gasteiger partial charge in [-0.1, -0.05) is 11.8 Å². The van der Waals surface area contributed by atoms with E-state index in [1.54, 1.807) is 4.57 Å². The van der Waals surface area contributed by atoms with E-state index in [1.807, 2.05) is 0 Å². The second kappa shape index (κ2) is 10.1. The zero-order valence-electron chi connectivity index (χ0n) is 17.7. The van der Waals surface area contributed by atoms with E-state index in [1.165, 1.54) is 54.6 Å². The third kappa shape index (κ3) is 5.86. The molecule has 0 saturated heterocycles. The number of carbonyl (C=O) groups is 1. The molecule has 3 N–H and O–H groups in total. The number of hydrogen-bond acceptors (Lipinski definition) is 8. The summed E-state index contributed by atoms with van der Waals surface area (Å²) < 4.78 is 15.1. The lowest BCUT2D eigenvalue weighted by molar-refractivity contribution is -0.384. The Labute approximate surface area is 199 Å². The summed E-state index contributed by atoms with van der Waals surface area (Å²) in [6, 6.07) is 12.1. The minimum Gasteiger partial charge on any atom is -0.325 e. The van der Waals surface area contributed by atoms with Crippen molar-refractivity contribution in [3.63, 3.8) is 0 Å². The summed E-state index contributed by atoms with van der Waals surface area (Å²) in [5.41, 5.74) is -0.148. The third-order valence-corrected chi connectivity index (χ3v) is 5.57. The highest BCUT2D eigenvalue weighted by atomic mass is 32.2. The van der Waals surface area contributed by atoms with Crippen LogP contribution in [0.5, 0.6) is 0 Å². The molecule has 0 fully saturated rings. The van der Waals surface area contributed by atoms with Crippen molar-refractivity contribution >= 4 is 29.0 Å². The molecular formula is C21H16FN7O5S. The van der Waals surface area contributed by atoms with E-state index in [4.69, 9.17) is 0 Å². The van der Waals surface area contributed by atoms with E-state index >= 15 is 0 Å². The molecule has 0 aliphatic heterocycles. The fraction of sp³-hybridized carbons (Fsp3) is 0.0952. The van der Waals surface area contributed by atoms with Crippen molar-refractivity contribution < 1.29 is 14.1 Å². The lowest BCUT2D eigenvalue weighted by Crippen LogP contribution is -2.23. The Hall–Kier alpha value is -4.59. The predicted molar refractivity (Wildman–Crippen MR) is 124 cm³/mol. The quantitative estimate of drug-likeness (QED) is 0.189. The van der Waals surface area contributed by atoms with Crippen LogP contribution in [-0.2, 0) is 11.2 Å². The largest absolute Gasteiger partial charge is 0.325 e. The van der Waals surface area contributed by atoms with Gasteiger partial charge in [-0.2, -0.15) is 0 Å². The summed E-state index contributed by atoms with van der Waals surface area (Å²) in [6.45, 7) is 0. The van der Waals surface area contributed by atoms with Gasteiger partial charge in [-0.3, -0.25) is 29.3 Å². The second-order valence-electron chi connectivity index (χ2n) is 7.14. The lowest BCUT2D eigenvalue weighted by Gasteiger charge is -2.10. The van der Waals surface area contributed by atoms with Crippen LogP contribution in [0.2, 0.25) is 0 Å². The van der Waals surface area contributed by atoms with Crippen LogP contribution in [0.4, 0.5) is 15.8 Å². The van der Waals surface area contributed by atoms with Crippen LogP contribution in [0.15, 0.2) is 69.3 Å². The smallest absolute Gasteiger partial charge is 0.325 e. The number of rotatable bonds is 8. The highest BCUT2D eigenvalue weighted by Crippen LogP contribution is 2.24. The van der Waals surface area contributed by atoms with Crippen LogP contribution >= 0.6 is 11.8 Å². The van der Waals surface area contributed by atoms with Crippen LogP contribution in [0, 0.1) is 15.9 Å². The highest BCUT2D eigenvalue weighted by Gasteiger charge is 2.17. The third-order valence-electron chi connectivity index (χ3n) is 4.64. The molecule has 0 saturated carbocycles. The Morgan fingerprint density at radius 3 is 2.46 bits per heavy atom. The number of thioether (sulfide) groups is 1. The normalized spacial score (nSPS) is 10.8. The van der Waals surface area contributed by atoms with Crippen molar-refractivity contribution in [3.05, 3.63) is 103 Å². The van der Waals surface area contributed by atoms with Crippen LogP contribution < -0.4 is 16.6 Å². The second-order valence-corrected chi connectivity index (χ2v) is 8.08. The highest BCUT2D eigenvalue weighted by molar-refractivity contribution is 7.99. The van der Waals surface area contributed by atoms with Crippen LogP contribution in [-0.4, -0.2) is 41.3 Å².